The normalized spacial score (nSPS) is 33.6. The first-order valence-electron chi connectivity index (χ1n) is 3.28. The Balaban J connectivity index is 2.43. The molecule has 1 aliphatic heterocycles. The maximum absolute atomic E-state index is 10.8. The Morgan fingerprint density at radius 3 is 3.10 bits per heavy atom. The molecule has 1 aliphatic rings. The van der Waals surface area contributed by atoms with E-state index in [-0.39, 0.29) is 18.7 Å². The van der Waals surface area contributed by atoms with Gasteiger partial charge in [0.05, 0.1) is 6.61 Å². The lowest BCUT2D eigenvalue weighted by atomic mass is 10.2. The minimum absolute atomic E-state index is 0.0738. The van der Waals surface area contributed by atoms with E-state index in [1.165, 1.54) is 0 Å². The van der Waals surface area contributed by atoms with Gasteiger partial charge in [0.25, 0.3) is 0 Å². The fourth-order valence-electron chi connectivity index (χ4n) is 0.853. The highest BCUT2D eigenvalue weighted by Gasteiger charge is 2.25. The van der Waals surface area contributed by atoms with Crippen LogP contribution in [0.15, 0.2) is 0 Å². The Morgan fingerprint density at radius 1 is 1.90 bits per heavy atom. The van der Waals surface area contributed by atoms with Gasteiger partial charge in [-0.25, -0.2) is 0 Å². The van der Waals surface area contributed by atoms with Gasteiger partial charge < -0.3 is 9.84 Å². The lowest BCUT2D eigenvalue weighted by Crippen LogP contribution is -2.50. The zero-order chi connectivity index (χ0) is 7.56. The highest BCUT2D eigenvalue weighted by atomic mass is 16.5. The van der Waals surface area contributed by atoms with Crippen LogP contribution in [0.5, 0.6) is 0 Å². The molecule has 0 aromatic rings. The number of carbonyl (C=O) groups excluding carboxylic acids is 1. The Hall–Kier alpha value is -0.610. The van der Waals surface area contributed by atoms with Gasteiger partial charge in [-0.3, -0.25) is 10.1 Å². The number of carbonyl (C=O) groups is 1. The number of nitrogens with one attached hydrogen (secondary N) is 1. The molecule has 10 heavy (non-hydrogen) atoms. The SMILES string of the molecule is CC1CNC(CO)C(=O)O1. The molecule has 0 aromatic carbocycles. The molecule has 0 radical (unpaired) electrons. The number of rotatable bonds is 1. The summed E-state index contributed by atoms with van der Waals surface area (Å²) in [5.41, 5.74) is 0. The molecule has 58 valence electrons. The van der Waals surface area contributed by atoms with Crippen LogP contribution < -0.4 is 5.32 Å². The average molecular weight is 145 g/mol. The number of aliphatic hydroxyl groups is 1. The summed E-state index contributed by atoms with van der Waals surface area (Å²) in [6.07, 6.45) is -0.0738. The Morgan fingerprint density at radius 2 is 2.60 bits per heavy atom. The smallest absolute Gasteiger partial charge is 0.325 e. The summed E-state index contributed by atoms with van der Waals surface area (Å²) in [6, 6.07) is -0.517. The summed E-state index contributed by atoms with van der Waals surface area (Å²) in [5.74, 6) is -0.360. The summed E-state index contributed by atoms with van der Waals surface area (Å²) in [4.78, 5) is 10.8. The molecule has 2 N–H and O–H groups in total. The van der Waals surface area contributed by atoms with E-state index in [1.54, 1.807) is 6.92 Å². The van der Waals surface area contributed by atoms with Crippen molar-refractivity contribution >= 4 is 5.97 Å². The fraction of sp³-hybridized carbons (Fsp3) is 0.833. The second kappa shape index (κ2) is 2.98. The molecule has 0 aliphatic carbocycles. The maximum Gasteiger partial charge on any atom is 0.325 e. The van der Waals surface area contributed by atoms with E-state index in [1.807, 2.05) is 0 Å². The fourth-order valence-corrected chi connectivity index (χ4v) is 0.853. The monoisotopic (exact) mass is 145 g/mol. The van der Waals surface area contributed by atoms with Gasteiger partial charge in [-0.15, -0.1) is 0 Å². The third-order valence-corrected chi connectivity index (χ3v) is 1.44. The van der Waals surface area contributed by atoms with E-state index in [0.717, 1.165) is 0 Å². The summed E-state index contributed by atoms with van der Waals surface area (Å²) in [5, 5.41) is 11.4. The number of esters is 1. The lowest BCUT2D eigenvalue weighted by molar-refractivity contribution is -0.156. The Kier molecular flexibility index (Phi) is 2.24. The molecule has 1 saturated heterocycles. The van der Waals surface area contributed by atoms with Crippen molar-refractivity contribution in [3.05, 3.63) is 0 Å². The van der Waals surface area contributed by atoms with Crippen LogP contribution in [-0.4, -0.2) is 36.4 Å². The number of aliphatic hydroxyl groups excluding tert-OH is 1. The summed E-state index contributed by atoms with van der Waals surface area (Å²) in [7, 11) is 0. The van der Waals surface area contributed by atoms with Crippen LogP contribution in [0.4, 0.5) is 0 Å². The predicted molar refractivity (Wildman–Crippen MR) is 34.4 cm³/mol. The van der Waals surface area contributed by atoms with Crippen molar-refractivity contribution in [3.8, 4) is 0 Å². The van der Waals surface area contributed by atoms with Crippen molar-refractivity contribution in [1.29, 1.82) is 0 Å². The molecular formula is C6H11NO3. The van der Waals surface area contributed by atoms with E-state index < -0.39 is 6.04 Å². The van der Waals surface area contributed by atoms with Gasteiger partial charge in [0, 0.05) is 6.54 Å². The Labute approximate surface area is 59.2 Å². The molecule has 0 spiro atoms. The van der Waals surface area contributed by atoms with Gasteiger partial charge in [-0.05, 0) is 6.92 Å². The average Bonchev–Trinajstić information content (AvgIpc) is 1.88. The molecule has 0 aromatic heterocycles. The van der Waals surface area contributed by atoms with Gasteiger partial charge in [0.15, 0.2) is 0 Å². The first kappa shape index (κ1) is 7.50. The van der Waals surface area contributed by atoms with E-state index in [9.17, 15) is 4.79 Å². The van der Waals surface area contributed by atoms with Crippen LogP contribution in [0.3, 0.4) is 0 Å². The molecule has 1 heterocycles. The molecular weight excluding hydrogens is 134 g/mol. The number of ether oxygens (including phenoxy) is 1. The van der Waals surface area contributed by atoms with E-state index in [0.29, 0.717) is 6.54 Å². The minimum Gasteiger partial charge on any atom is -0.460 e. The second-order valence-electron chi connectivity index (χ2n) is 2.39. The molecule has 2 atom stereocenters. The van der Waals surface area contributed by atoms with Crippen LogP contribution in [0.1, 0.15) is 6.92 Å². The predicted octanol–water partition coefficient (Wildman–Crippen LogP) is -1.12. The van der Waals surface area contributed by atoms with E-state index >= 15 is 0 Å². The van der Waals surface area contributed by atoms with Crippen LogP contribution >= 0.6 is 0 Å². The second-order valence-corrected chi connectivity index (χ2v) is 2.39. The van der Waals surface area contributed by atoms with Crippen molar-refractivity contribution in [2.75, 3.05) is 13.2 Å². The highest BCUT2D eigenvalue weighted by molar-refractivity contribution is 5.76. The van der Waals surface area contributed by atoms with Crippen molar-refractivity contribution in [2.24, 2.45) is 0 Å². The molecule has 0 amide bonds. The van der Waals surface area contributed by atoms with Crippen LogP contribution in [0.2, 0.25) is 0 Å². The number of cyclic esters (lactones) is 1. The summed E-state index contributed by atoms with van der Waals surface area (Å²) >= 11 is 0. The summed E-state index contributed by atoms with van der Waals surface area (Å²) in [6.45, 7) is 2.24. The zero-order valence-corrected chi connectivity index (χ0v) is 5.83. The first-order valence-corrected chi connectivity index (χ1v) is 3.28. The minimum atomic E-state index is -0.517. The van der Waals surface area contributed by atoms with Crippen molar-refractivity contribution in [2.45, 2.75) is 19.1 Å². The largest absolute Gasteiger partial charge is 0.460 e. The number of hydrogen-bond acceptors (Lipinski definition) is 4. The quantitative estimate of drug-likeness (QED) is 0.459. The van der Waals surface area contributed by atoms with E-state index in [4.69, 9.17) is 9.84 Å². The highest BCUT2D eigenvalue weighted by Crippen LogP contribution is 2.00. The number of hydrogen-bond donors (Lipinski definition) is 2. The zero-order valence-electron chi connectivity index (χ0n) is 5.83. The third kappa shape index (κ3) is 1.46. The van der Waals surface area contributed by atoms with E-state index in [2.05, 4.69) is 5.32 Å². The molecule has 1 rings (SSSR count). The molecule has 1 fully saturated rings. The van der Waals surface area contributed by atoms with Gasteiger partial charge in [0.1, 0.15) is 12.1 Å². The van der Waals surface area contributed by atoms with Crippen LogP contribution in [-0.2, 0) is 9.53 Å². The summed E-state index contributed by atoms with van der Waals surface area (Å²) < 4.78 is 4.83. The topological polar surface area (TPSA) is 58.6 Å². The van der Waals surface area contributed by atoms with Crippen LogP contribution in [0, 0.1) is 0 Å². The van der Waals surface area contributed by atoms with Crippen molar-refractivity contribution in [1.82, 2.24) is 5.32 Å². The standard InChI is InChI=1S/C6H11NO3/c1-4-2-7-5(3-8)6(9)10-4/h4-5,7-8H,2-3H2,1H3. The van der Waals surface area contributed by atoms with Crippen molar-refractivity contribution in [3.63, 3.8) is 0 Å². The van der Waals surface area contributed by atoms with Crippen LogP contribution in [0.25, 0.3) is 0 Å². The van der Waals surface area contributed by atoms with Gasteiger partial charge >= 0.3 is 5.97 Å². The molecule has 2 unspecified atom stereocenters. The first-order chi connectivity index (χ1) is 4.74. The van der Waals surface area contributed by atoms with Crippen molar-refractivity contribution < 1.29 is 14.6 Å². The maximum atomic E-state index is 10.8. The molecule has 0 bridgehead atoms. The number of morpholine rings is 1. The molecule has 4 nitrogen and oxygen atoms in total. The van der Waals surface area contributed by atoms with Gasteiger partial charge in [-0.2, -0.15) is 0 Å². The lowest BCUT2D eigenvalue weighted by Gasteiger charge is -2.25. The molecule has 4 heteroatoms. The van der Waals surface area contributed by atoms with Gasteiger partial charge in [-0.1, -0.05) is 0 Å². The van der Waals surface area contributed by atoms with Gasteiger partial charge in [0.2, 0.25) is 0 Å². The Bertz CT molecular complexity index is 137. The third-order valence-electron chi connectivity index (χ3n) is 1.44. The molecule has 0 saturated carbocycles.